The fourth-order valence-corrected chi connectivity index (χ4v) is 3.25. The number of nitrogens with one attached hydrogen (secondary N) is 1. The van der Waals surface area contributed by atoms with Crippen LogP contribution in [0.2, 0.25) is 0 Å². The molecule has 0 bridgehead atoms. The normalized spacial score (nSPS) is 18.6. The predicted octanol–water partition coefficient (Wildman–Crippen LogP) is 2.20. The summed E-state index contributed by atoms with van der Waals surface area (Å²) in [5.41, 5.74) is 0.607. The van der Waals surface area contributed by atoms with Crippen molar-refractivity contribution in [1.82, 2.24) is 15.2 Å². The highest BCUT2D eigenvalue weighted by molar-refractivity contribution is 5.76. The van der Waals surface area contributed by atoms with Crippen molar-refractivity contribution in [2.24, 2.45) is 10.2 Å². The van der Waals surface area contributed by atoms with Gasteiger partial charge < -0.3 is 15.1 Å². The topological polar surface area (TPSA) is 73.2 Å². The maximum atomic E-state index is 12.1. The Morgan fingerprint density at radius 1 is 1.26 bits per heavy atom. The summed E-state index contributed by atoms with van der Waals surface area (Å²) >= 11 is 0. The molecule has 27 heavy (non-hydrogen) atoms. The third-order valence-corrected chi connectivity index (χ3v) is 5.15. The fourth-order valence-electron chi connectivity index (χ4n) is 3.25. The average molecular weight is 368 g/mol. The van der Waals surface area contributed by atoms with Crippen LogP contribution in [0.25, 0.3) is 0 Å². The van der Waals surface area contributed by atoms with Crippen molar-refractivity contribution in [2.45, 2.75) is 44.3 Å². The van der Waals surface area contributed by atoms with Crippen LogP contribution >= 0.6 is 0 Å². The van der Waals surface area contributed by atoms with Crippen molar-refractivity contribution in [1.29, 1.82) is 0 Å². The first-order valence-corrected chi connectivity index (χ1v) is 9.63. The van der Waals surface area contributed by atoms with E-state index < -0.39 is 5.66 Å². The molecule has 0 unspecified atom stereocenters. The molecule has 2 aliphatic heterocycles. The van der Waals surface area contributed by atoms with Gasteiger partial charge in [0.05, 0.1) is 0 Å². The van der Waals surface area contributed by atoms with Crippen LogP contribution in [-0.2, 0) is 11.3 Å². The Morgan fingerprint density at radius 3 is 2.81 bits per heavy atom. The Hall–Kier alpha value is -2.46. The first-order valence-electron chi connectivity index (χ1n) is 9.63. The van der Waals surface area contributed by atoms with Crippen LogP contribution in [0.15, 0.2) is 28.6 Å². The number of anilines is 1. The maximum absolute atomic E-state index is 12.1. The molecule has 144 valence electrons. The molecule has 0 spiro atoms. The van der Waals surface area contributed by atoms with E-state index in [1.807, 2.05) is 18.3 Å². The van der Waals surface area contributed by atoms with Crippen molar-refractivity contribution in [3.8, 4) is 12.3 Å². The summed E-state index contributed by atoms with van der Waals surface area (Å²) in [6.45, 7) is 4.70. The molecule has 7 nitrogen and oxygen atoms in total. The van der Waals surface area contributed by atoms with Crippen LogP contribution in [0.4, 0.5) is 5.82 Å². The number of likely N-dealkylation sites (N-methyl/N-ethyl adjacent to an activating group) is 1. The lowest BCUT2D eigenvalue weighted by Crippen LogP contribution is -2.29. The van der Waals surface area contributed by atoms with E-state index in [2.05, 4.69) is 43.3 Å². The Morgan fingerprint density at radius 2 is 2.11 bits per heavy atom. The summed E-state index contributed by atoms with van der Waals surface area (Å²) in [5, 5.41) is 11.1. The monoisotopic (exact) mass is 368 g/mol. The predicted molar refractivity (Wildman–Crippen MR) is 105 cm³/mol. The third kappa shape index (κ3) is 5.76. The van der Waals surface area contributed by atoms with Gasteiger partial charge in [-0.15, -0.1) is 12.3 Å². The summed E-state index contributed by atoms with van der Waals surface area (Å²) in [6, 6.07) is 4.08. The molecule has 0 aromatic carbocycles. The lowest BCUT2D eigenvalue weighted by molar-refractivity contribution is -0.121. The molecule has 1 fully saturated rings. The smallest absolute Gasteiger partial charge is 0.220 e. The molecule has 0 atom stereocenters. The van der Waals surface area contributed by atoms with Gasteiger partial charge in [0.1, 0.15) is 5.82 Å². The molecule has 0 aliphatic carbocycles. The van der Waals surface area contributed by atoms with Gasteiger partial charge in [-0.25, -0.2) is 4.98 Å². The van der Waals surface area contributed by atoms with Crippen molar-refractivity contribution in [3.05, 3.63) is 23.9 Å². The Balaban J connectivity index is 1.41. The molecule has 1 amide bonds. The van der Waals surface area contributed by atoms with Crippen LogP contribution in [0.3, 0.4) is 0 Å². The largest absolute Gasteiger partial charge is 0.355 e. The zero-order valence-corrected chi connectivity index (χ0v) is 16.0. The van der Waals surface area contributed by atoms with Gasteiger partial charge in [-0.3, -0.25) is 4.79 Å². The molecule has 7 heteroatoms. The molecular formula is C20H28N6O. The van der Waals surface area contributed by atoms with Crippen molar-refractivity contribution in [3.63, 3.8) is 0 Å². The van der Waals surface area contributed by atoms with Gasteiger partial charge in [0.2, 0.25) is 5.91 Å². The SMILES string of the molecule is C#CCCC1(CCC(=O)NCc2ccc(N3CCCN(C)CC3)nc2)N=N1. The number of pyridine rings is 1. The van der Waals surface area contributed by atoms with E-state index >= 15 is 0 Å². The second-order valence-electron chi connectivity index (χ2n) is 7.33. The highest BCUT2D eigenvalue weighted by Gasteiger charge is 2.39. The van der Waals surface area contributed by atoms with Crippen LogP contribution in [0.5, 0.6) is 0 Å². The van der Waals surface area contributed by atoms with Crippen LogP contribution in [-0.4, -0.2) is 54.7 Å². The summed E-state index contributed by atoms with van der Waals surface area (Å²) in [7, 11) is 2.16. The number of amides is 1. The number of aromatic nitrogens is 1. The highest BCUT2D eigenvalue weighted by atomic mass is 16.1. The molecular weight excluding hydrogens is 340 g/mol. The van der Waals surface area contributed by atoms with E-state index in [1.54, 1.807) is 0 Å². The quantitative estimate of drug-likeness (QED) is 0.714. The third-order valence-electron chi connectivity index (χ3n) is 5.15. The van der Waals surface area contributed by atoms with Crippen molar-refractivity contribution >= 4 is 11.7 Å². The van der Waals surface area contributed by atoms with Gasteiger partial charge >= 0.3 is 0 Å². The van der Waals surface area contributed by atoms with Gasteiger partial charge in [0, 0.05) is 58.1 Å². The summed E-state index contributed by atoms with van der Waals surface area (Å²) in [4.78, 5) is 21.3. The van der Waals surface area contributed by atoms with Crippen LogP contribution < -0.4 is 10.2 Å². The molecule has 3 rings (SSSR count). The van der Waals surface area contributed by atoms with E-state index in [0.717, 1.165) is 50.4 Å². The minimum absolute atomic E-state index is 0.00649. The van der Waals surface area contributed by atoms with Crippen molar-refractivity contribution in [2.75, 3.05) is 38.1 Å². The minimum atomic E-state index is -0.395. The first kappa shape index (κ1) is 19.3. The van der Waals surface area contributed by atoms with Gasteiger partial charge in [-0.2, -0.15) is 10.2 Å². The summed E-state index contributed by atoms with van der Waals surface area (Å²) in [5.74, 6) is 3.61. The molecule has 3 heterocycles. The summed E-state index contributed by atoms with van der Waals surface area (Å²) in [6.07, 6.45) is 10.7. The number of carbonyl (C=O) groups is 1. The zero-order valence-electron chi connectivity index (χ0n) is 16.0. The van der Waals surface area contributed by atoms with E-state index in [9.17, 15) is 4.79 Å². The lowest BCUT2D eigenvalue weighted by Gasteiger charge is -2.21. The Bertz CT molecular complexity index is 702. The summed E-state index contributed by atoms with van der Waals surface area (Å²) < 4.78 is 0. The van der Waals surface area contributed by atoms with Crippen LogP contribution in [0, 0.1) is 12.3 Å². The van der Waals surface area contributed by atoms with Gasteiger partial charge in [0.15, 0.2) is 5.66 Å². The van der Waals surface area contributed by atoms with Gasteiger partial charge in [-0.05, 0) is 31.6 Å². The average Bonchev–Trinajstić information content (AvgIpc) is 3.49. The maximum Gasteiger partial charge on any atom is 0.220 e. The molecule has 0 saturated carbocycles. The first-order chi connectivity index (χ1) is 13.1. The van der Waals surface area contributed by atoms with E-state index in [4.69, 9.17) is 6.42 Å². The minimum Gasteiger partial charge on any atom is -0.355 e. The molecule has 0 radical (unpaired) electrons. The van der Waals surface area contributed by atoms with E-state index in [1.165, 1.54) is 0 Å². The molecule has 1 saturated heterocycles. The second kappa shape index (κ2) is 8.96. The number of terminal acetylenes is 1. The molecule has 1 N–H and O–H groups in total. The van der Waals surface area contributed by atoms with Crippen LogP contribution in [0.1, 0.15) is 37.7 Å². The fraction of sp³-hybridized carbons (Fsp3) is 0.600. The molecule has 2 aliphatic rings. The van der Waals surface area contributed by atoms with Gasteiger partial charge in [-0.1, -0.05) is 6.07 Å². The van der Waals surface area contributed by atoms with Gasteiger partial charge in [0.25, 0.3) is 0 Å². The Labute approximate surface area is 161 Å². The number of carbonyl (C=O) groups excluding carboxylic acids is 1. The standard InChI is InChI=1S/C20H28N6O/c1-3-4-9-20(23-24-20)10-8-19(27)22-16-17-6-7-18(21-15-17)26-12-5-11-25(2)13-14-26/h1,6-7,15H,4-5,8-14,16H2,2H3,(H,22,27). The van der Waals surface area contributed by atoms with E-state index in [-0.39, 0.29) is 5.91 Å². The number of rotatable bonds is 8. The Kier molecular flexibility index (Phi) is 6.40. The zero-order chi connectivity index (χ0) is 19.1. The number of nitrogens with zero attached hydrogens (tertiary/aromatic N) is 5. The number of hydrogen-bond acceptors (Lipinski definition) is 6. The molecule has 1 aromatic heterocycles. The highest BCUT2D eigenvalue weighted by Crippen LogP contribution is 2.37. The van der Waals surface area contributed by atoms with E-state index in [0.29, 0.717) is 25.8 Å². The van der Waals surface area contributed by atoms with Crippen molar-refractivity contribution < 1.29 is 4.79 Å². The number of hydrogen-bond donors (Lipinski definition) is 1. The lowest BCUT2D eigenvalue weighted by atomic mass is 10.0. The molecule has 1 aromatic rings. The second-order valence-corrected chi connectivity index (χ2v) is 7.33.